The molecular weight excluding hydrogens is 201 g/mol. The average molecular weight is 213 g/mol. The molecule has 0 heterocycles. The number of carboxylic acid groups (broad SMARTS) is 1. The van der Waals surface area contributed by atoms with Crippen molar-refractivity contribution in [2.75, 3.05) is 7.11 Å². The number of carboxylic acids is 1. The number of aliphatic carboxylic acids is 1. The van der Waals surface area contributed by atoms with Gasteiger partial charge in [-0.05, 0) is 18.2 Å². The Labute approximate surface area is 86.5 Å². The molecule has 0 radical (unpaired) electrons. The number of methoxy groups -OCH3 is 1. The molecule has 0 spiro atoms. The Morgan fingerprint density at radius 2 is 2.20 bits per heavy atom. The van der Waals surface area contributed by atoms with Crippen molar-refractivity contribution in [2.24, 2.45) is 0 Å². The minimum atomic E-state index is -1.47. The van der Waals surface area contributed by atoms with Gasteiger partial charge in [-0.3, -0.25) is 0 Å². The highest BCUT2D eigenvalue weighted by molar-refractivity contribution is 5.76. The first kappa shape index (κ1) is 11.5. The van der Waals surface area contributed by atoms with E-state index in [9.17, 15) is 14.3 Å². The van der Waals surface area contributed by atoms with Crippen LogP contribution in [0.1, 0.15) is 12.5 Å². The van der Waals surface area contributed by atoms with Gasteiger partial charge in [0, 0.05) is 12.5 Å². The van der Waals surface area contributed by atoms with Crippen LogP contribution in [0.15, 0.2) is 18.2 Å². The Bertz CT molecular complexity index is 390. The largest absolute Gasteiger partial charge is 0.543 e. The van der Waals surface area contributed by atoms with Crippen LogP contribution < -0.4 is 15.6 Å². The van der Waals surface area contributed by atoms with Crippen LogP contribution in [-0.4, -0.2) is 13.1 Å². The second-order valence-electron chi connectivity index (χ2n) is 3.47. The highest BCUT2D eigenvalue weighted by Crippen LogP contribution is 2.22. The van der Waals surface area contributed by atoms with E-state index in [2.05, 4.69) is 5.73 Å². The molecule has 0 saturated heterocycles. The summed E-state index contributed by atoms with van der Waals surface area (Å²) < 4.78 is 18.0. The Morgan fingerprint density at radius 3 is 2.60 bits per heavy atom. The lowest BCUT2D eigenvalue weighted by Crippen LogP contribution is -2.75. The molecule has 0 aliphatic heterocycles. The molecular formula is C10H12FNO3. The Hall–Kier alpha value is -1.62. The van der Waals surface area contributed by atoms with E-state index in [1.54, 1.807) is 0 Å². The fraction of sp³-hybridized carbons (Fsp3) is 0.300. The summed E-state index contributed by atoms with van der Waals surface area (Å²) in [5.41, 5.74) is 2.24. The van der Waals surface area contributed by atoms with Gasteiger partial charge in [0.25, 0.3) is 0 Å². The summed E-state index contributed by atoms with van der Waals surface area (Å²) in [4.78, 5) is 10.8. The van der Waals surface area contributed by atoms with E-state index in [1.165, 1.54) is 26.2 Å². The smallest absolute Gasteiger partial charge is 0.165 e. The highest BCUT2D eigenvalue weighted by atomic mass is 19.1. The summed E-state index contributed by atoms with van der Waals surface area (Å²) in [5.74, 6) is -1.91. The maximum atomic E-state index is 13.3. The van der Waals surface area contributed by atoms with Crippen LogP contribution >= 0.6 is 0 Å². The van der Waals surface area contributed by atoms with Crippen molar-refractivity contribution >= 4 is 5.97 Å². The maximum absolute atomic E-state index is 13.3. The van der Waals surface area contributed by atoms with Crippen LogP contribution in [0, 0.1) is 5.82 Å². The van der Waals surface area contributed by atoms with E-state index < -0.39 is 17.3 Å². The summed E-state index contributed by atoms with van der Waals surface area (Å²) in [7, 11) is 1.33. The molecule has 0 aromatic heterocycles. The zero-order chi connectivity index (χ0) is 11.6. The predicted octanol–water partition coefficient (Wildman–Crippen LogP) is -0.959. The third-order valence-electron chi connectivity index (χ3n) is 2.24. The monoisotopic (exact) mass is 213 g/mol. The Morgan fingerprint density at radius 1 is 1.60 bits per heavy atom. The van der Waals surface area contributed by atoms with E-state index in [0.29, 0.717) is 0 Å². The fourth-order valence-corrected chi connectivity index (χ4v) is 1.13. The van der Waals surface area contributed by atoms with Crippen LogP contribution in [0.4, 0.5) is 4.39 Å². The molecule has 0 fully saturated rings. The molecule has 5 heteroatoms. The summed E-state index contributed by atoms with van der Waals surface area (Å²) in [6.45, 7) is 1.35. The number of rotatable bonds is 3. The Balaban J connectivity index is 3.18. The van der Waals surface area contributed by atoms with Crippen LogP contribution in [-0.2, 0) is 10.3 Å². The molecule has 0 aliphatic rings. The van der Waals surface area contributed by atoms with E-state index in [1.807, 2.05) is 0 Å². The van der Waals surface area contributed by atoms with Crippen molar-refractivity contribution in [1.82, 2.24) is 0 Å². The number of hydrogen-bond acceptors (Lipinski definition) is 3. The van der Waals surface area contributed by atoms with Gasteiger partial charge < -0.3 is 20.4 Å². The minimum absolute atomic E-state index is 0.0629. The summed E-state index contributed by atoms with van der Waals surface area (Å²) in [5, 5.41) is 10.8. The molecule has 3 N–H and O–H groups in total. The summed E-state index contributed by atoms with van der Waals surface area (Å²) in [6, 6.07) is 3.89. The van der Waals surface area contributed by atoms with Crippen LogP contribution in [0.2, 0.25) is 0 Å². The number of halogens is 1. The topological polar surface area (TPSA) is 77.0 Å². The predicted molar refractivity (Wildman–Crippen MR) is 48.2 cm³/mol. The average Bonchev–Trinajstić information content (AvgIpc) is 2.17. The van der Waals surface area contributed by atoms with Gasteiger partial charge in [0.15, 0.2) is 17.1 Å². The van der Waals surface area contributed by atoms with E-state index >= 15 is 0 Å². The highest BCUT2D eigenvalue weighted by Gasteiger charge is 2.28. The lowest BCUT2D eigenvalue weighted by molar-refractivity contribution is -0.489. The first-order valence-corrected chi connectivity index (χ1v) is 4.30. The van der Waals surface area contributed by atoms with Gasteiger partial charge in [-0.2, -0.15) is 0 Å². The molecule has 1 atom stereocenters. The van der Waals surface area contributed by atoms with E-state index in [4.69, 9.17) is 4.74 Å². The quantitative estimate of drug-likeness (QED) is 0.702. The van der Waals surface area contributed by atoms with E-state index in [-0.39, 0.29) is 11.3 Å². The summed E-state index contributed by atoms with van der Waals surface area (Å²) in [6.07, 6.45) is 0. The van der Waals surface area contributed by atoms with Crippen molar-refractivity contribution in [3.63, 3.8) is 0 Å². The van der Waals surface area contributed by atoms with Crippen molar-refractivity contribution in [2.45, 2.75) is 12.5 Å². The number of carbonyl (C=O) groups excluding carboxylic acids is 1. The molecule has 1 rings (SSSR count). The van der Waals surface area contributed by atoms with Crippen LogP contribution in [0.25, 0.3) is 0 Å². The fourth-order valence-electron chi connectivity index (χ4n) is 1.13. The standard InChI is InChI=1S/C10H12FNO3/c1-10(12,9(13)14)6-3-4-8(15-2)7(11)5-6/h3-5H,12H2,1-2H3,(H,13,14)/t10-/m0/s1. The van der Waals surface area contributed by atoms with Gasteiger partial charge >= 0.3 is 0 Å². The SMILES string of the molecule is COc1ccc([C@](C)([NH3+])C(=O)[O-])cc1F. The molecule has 82 valence electrons. The molecule has 15 heavy (non-hydrogen) atoms. The van der Waals surface area contributed by atoms with Crippen LogP contribution in [0.3, 0.4) is 0 Å². The van der Waals surface area contributed by atoms with Crippen molar-refractivity contribution < 1.29 is 24.8 Å². The number of quaternary nitrogens is 1. The number of carbonyl (C=O) groups is 1. The maximum Gasteiger partial charge on any atom is 0.165 e. The minimum Gasteiger partial charge on any atom is -0.543 e. The number of hydrogen-bond donors (Lipinski definition) is 1. The molecule has 0 aliphatic carbocycles. The molecule has 0 amide bonds. The summed E-state index contributed by atoms with van der Waals surface area (Å²) >= 11 is 0. The number of benzene rings is 1. The van der Waals surface area contributed by atoms with Gasteiger partial charge in [0.1, 0.15) is 5.97 Å². The molecule has 0 unspecified atom stereocenters. The zero-order valence-electron chi connectivity index (χ0n) is 8.54. The van der Waals surface area contributed by atoms with E-state index in [0.717, 1.165) is 6.07 Å². The third-order valence-corrected chi connectivity index (χ3v) is 2.24. The van der Waals surface area contributed by atoms with Gasteiger partial charge in [-0.25, -0.2) is 4.39 Å². The van der Waals surface area contributed by atoms with Gasteiger partial charge in [-0.1, -0.05) is 0 Å². The second kappa shape index (κ2) is 3.86. The zero-order valence-corrected chi connectivity index (χ0v) is 8.54. The van der Waals surface area contributed by atoms with Crippen molar-refractivity contribution in [3.8, 4) is 5.75 Å². The van der Waals surface area contributed by atoms with Gasteiger partial charge in [0.2, 0.25) is 0 Å². The molecule has 0 saturated carbocycles. The van der Waals surface area contributed by atoms with Crippen molar-refractivity contribution in [1.29, 1.82) is 0 Å². The Kier molecular flexibility index (Phi) is 2.95. The second-order valence-corrected chi connectivity index (χ2v) is 3.47. The molecule has 4 nitrogen and oxygen atoms in total. The lowest BCUT2D eigenvalue weighted by atomic mass is 9.93. The molecule has 1 aromatic carbocycles. The molecule has 0 bridgehead atoms. The van der Waals surface area contributed by atoms with Gasteiger partial charge in [0.05, 0.1) is 7.11 Å². The van der Waals surface area contributed by atoms with Crippen LogP contribution in [0.5, 0.6) is 5.75 Å². The molecule has 1 aromatic rings. The first-order chi connectivity index (χ1) is 6.89. The lowest BCUT2D eigenvalue weighted by Gasteiger charge is -2.22. The first-order valence-electron chi connectivity index (χ1n) is 4.30. The number of ether oxygens (including phenoxy) is 1. The van der Waals surface area contributed by atoms with Crippen molar-refractivity contribution in [3.05, 3.63) is 29.6 Å². The third kappa shape index (κ3) is 2.07. The normalized spacial score (nSPS) is 14.4. The van der Waals surface area contributed by atoms with Gasteiger partial charge in [-0.15, -0.1) is 0 Å².